The molecule has 1 fully saturated rings. The van der Waals surface area contributed by atoms with E-state index in [-0.39, 0.29) is 11.9 Å². The van der Waals surface area contributed by atoms with Crippen molar-refractivity contribution in [2.45, 2.75) is 19.0 Å². The second-order valence-electron chi connectivity index (χ2n) is 3.91. The fourth-order valence-electron chi connectivity index (χ4n) is 2.11. The number of non-ortho nitro benzene ring substituents is 1. The molecule has 1 heterocycles. The molecule has 6 heteroatoms. The highest BCUT2D eigenvalue weighted by Gasteiger charge is 2.24. The topological polar surface area (TPSA) is 75.5 Å². The molecule has 0 aromatic heterocycles. The van der Waals surface area contributed by atoms with E-state index in [0.29, 0.717) is 6.41 Å². The van der Waals surface area contributed by atoms with Gasteiger partial charge in [-0.1, -0.05) is 6.07 Å². The Hall–Kier alpha value is -2.11. The first-order chi connectivity index (χ1) is 8.22. The van der Waals surface area contributed by atoms with Crippen molar-refractivity contribution >= 4 is 17.8 Å². The first kappa shape index (κ1) is 11.4. The summed E-state index contributed by atoms with van der Waals surface area (Å²) < 4.78 is 0. The molecule has 17 heavy (non-hydrogen) atoms. The highest BCUT2D eigenvalue weighted by atomic mass is 16.6. The Morgan fingerprint density at radius 3 is 3.06 bits per heavy atom. The van der Waals surface area contributed by atoms with E-state index in [1.165, 1.54) is 12.1 Å². The minimum absolute atomic E-state index is 0.0606. The van der Waals surface area contributed by atoms with E-state index in [9.17, 15) is 14.9 Å². The SMILES string of the molecule is O=CN[C@@H]1CCCN1c1cccc([N+](=O)[O-])c1. The van der Waals surface area contributed by atoms with Crippen LogP contribution in [0.2, 0.25) is 0 Å². The third-order valence-electron chi connectivity index (χ3n) is 2.89. The lowest BCUT2D eigenvalue weighted by Gasteiger charge is -2.25. The number of carbonyl (C=O) groups is 1. The predicted molar refractivity (Wildman–Crippen MR) is 62.7 cm³/mol. The first-order valence-electron chi connectivity index (χ1n) is 5.43. The van der Waals surface area contributed by atoms with Gasteiger partial charge in [0, 0.05) is 24.4 Å². The molecule has 1 aliphatic rings. The van der Waals surface area contributed by atoms with E-state index in [2.05, 4.69) is 5.32 Å². The number of anilines is 1. The molecule has 0 bridgehead atoms. The summed E-state index contributed by atoms with van der Waals surface area (Å²) in [6.45, 7) is 0.798. The zero-order chi connectivity index (χ0) is 12.3. The van der Waals surface area contributed by atoms with Gasteiger partial charge in [-0.2, -0.15) is 0 Å². The van der Waals surface area contributed by atoms with E-state index in [4.69, 9.17) is 0 Å². The van der Waals surface area contributed by atoms with Gasteiger partial charge >= 0.3 is 0 Å². The molecule has 1 atom stereocenters. The van der Waals surface area contributed by atoms with Gasteiger partial charge in [-0.3, -0.25) is 14.9 Å². The van der Waals surface area contributed by atoms with Crippen molar-refractivity contribution in [3.05, 3.63) is 34.4 Å². The summed E-state index contributed by atoms with van der Waals surface area (Å²) in [7, 11) is 0. The number of nitro groups is 1. The molecule has 1 aromatic carbocycles. The number of hydrogen-bond donors (Lipinski definition) is 1. The number of nitrogens with zero attached hydrogens (tertiary/aromatic N) is 2. The molecule has 0 spiro atoms. The predicted octanol–water partition coefficient (Wildman–Crippen LogP) is 1.27. The standard InChI is InChI=1S/C11H13N3O3/c15-8-12-11-5-2-6-13(11)9-3-1-4-10(7-9)14(16)17/h1,3-4,7-8,11H,2,5-6H2,(H,12,15)/t11-/m0/s1. The third kappa shape index (κ3) is 2.35. The average molecular weight is 235 g/mol. The highest BCUT2D eigenvalue weighted by Crippen LogP contribution is 2.27. The van der Waals surface area contributed by atoms with Crippen LogP contribution >= 0.6 is 0 Å². The van der Waals surface area contributed by atoms with E-state index < -0.39 is 4.92 Å². The van der Waals surface area contributed by atoms with Crippen LogP contribution in [-0.4, -0.2) is 24.0 Å². The Morgan fingerprint density at radius 1 is 1.53 bits per heavy atom. The van der Waals surface area contributed by atoms with Gasteiger partial charge in [0.15, 0.2) is 0 Å². The number of rotatable bonds is 4. The first-order valence-corrected chi connectivity index (χ1v) is 5.43. The van der Waals surface area contributed by atoms with Crippen LogP contribution in [0, 0.1) is 10.1 Å². The van der Waals surface area contributed by atoms with Crippen LogP contribution in [0.3, 0.4) is 0 Å². The van der Waals surface area contributed by atoms with Crippen LogP contribution in [0.15, 0.2) is 24.3 Å². The quantitative estimate of drug-likeness (QED) is 0.484. The fraction of sp³-hybridized carbons (Fsp3) is 0.364. The molecule has 1 saturated heterocycles. The number of hydrogen-bond acceptors (Lipinski definition) is 4. The number of benzene rings is 1. The average Bonchev–Trinajstić information content (AvgIpc) is 2.78. The minimum atomic E-state index is -0.415. The summed E-state index contributed by atoms with van der Waals surface area (Å²) in [5.41, 5.74) is 0.843. The second-order valence-corrected chi connectivity index (χ2v) is 3.91. The summed E-state index contributed by atoms with van der Waals surface area (Å²) in [5.74, 6) is 0. The smallest absolute Gasteiger partial charge is 0.271 e. The molecule has 1 aliphatic heterocycles. The van der Waals surface area contributed by atoms with Crippen LogP contribution in [0.1, 0.15) is 12.8 Å². The zero-order valence-electron chi connectivity index (χ0n) is 9.20. The third-order valence-corrected chi connectivity index (χ3v) is 2.89. The summed E-state index contributed by atoms with van der Waals surface area (Å²) in [5, 5.41) is 13.4. The molecule has 1 aromatic rings. The molecule has 2 rings (SSSR count). The minimum Gasteiger partial charge on any atom is -0.351 e. The van der Waals surface area contributed by atoms with Gasteiger partial charge in [0.2, 0.25) is 6.41 Å². The van der Waals surface area contributed by atoms with Crippen LogP contribution < -0.4 is 10.2 Å². The fourth-order valence-corrected chi connectivity index (χ4v) is 2.11. The number of nitro benzene ring substituents is 1. The molecule has 0 saturated carbocycles. The van der Waals surface area contributed by atoms with Crippen molar-refractivity contribution in [1.29, 1.82) is 0 Å². The Morgan fingerprint density at radius 2 is 2.35 bits per heavy atom. The van der Waals surface area contributed by atoms with Gasteiger partial charge in [0.25, 0.3) is 5.69 Å². The number of amides is 1. The van der Waals surface area contributed by atoms with Crippen LogP contribution in [0.4, 0.5) is 11.4 Å². The Labute approximate surface area is 98.4 Å². The van der Waals surface area contributed by atoms with Crippen molar-refractivity contribution in [2.24, 2.45) is 0 Å². The Kier molecular flexibility index (Phi) is 3.22. The molecule has 0 aliphatic carbocycles. The van der Waals surface area contributed by atoms with E-state index in [1.54, 1.807) is 6.07 Å². The largest absolute Gasteiger partial charge is 0.351 e. The summed E-state index contributed by atoms with van der Waals surface area (Å²) in [6.07, 6.45) is 2.44. The van der Waals surface area contributed by atoms with Crippen LogP contribution in [0.25, 0.3) is 0 Å². The van der Waals surface area contributed by atoms with Crippen molar-refractivity contribution in [1.82, 2.24) is 5.32 Å². The van der Waals surface area contributed by atoms with Crippen LogP contribution in [0.5, 0.6) is 0 Å². The molecule has 6 nitrogen and oxygen atoms in total. The lowest BCUT2D eigenvalue weighted by atomic mass is 10.2. The van der Waals surface area contributed by atoms with E-state index in [0.717, 1.165) is 25.1 Å². The molecule has 1 amide bonds. The molecule has 0 radical (unpaired) electrons. The summed E-state index contributed by atoms with van der Waals surface area (Å²) in [6, 6.07) is 6.47. The van der Waals surface area contributed by atoms with Crippen molar-refractivity contribution in [3.8, 4) is 0 Å². The van der Waals surface area contributed by atoms with Crippen molar-refractivity contribution < 1.29 is 9.72 Å². The van der Waals surface area contributed by atoms with E-state index in [1.807, 2.05) is 11.0 Å². The Balaban J connectivity index is 2.23. The van der Waals surface area contributed by atoms with Crippen LogP contribution in [-0.2, 0) is 4.79 Å². The maximum atomic E-state index is 10.7. The lowest BCUT2D eigenvalue weighted by Crippen LogP contribution is -2.40. The molecular weight excluding hydrogens is 222 g/mol. The van der Waals surface area contributed by atoms with Crippen molar-refractivity contribution in [2.75, 3.05) is 11.4 Å². The summed E-state index contributed by atoms with van der Waals surface area (Å²) >= 11 is 0. The number of nitrogens with one attached hydrogen (secondary N) is 1. The lowest BCUT2D eigenvalue weighted by molar-refractivity contribution is -0.384. The highest BCUT2D eigenvalue weighted by molar-refractivity contribution is 5.56. The number of carbonyl (C=O) groups excluding carboxylic acids is 1. The van der Waals surface area contributed by atoms with Gasteiger partial charge in [-0.25, -0.2) is 0 Å². The molecule has 1 N–H and O–H groups in total. The summed E-state index contributed by atoms with van der Waals surface area (Å²) in [4.78, 5) is 22.7. The zero-order valence-corrected chi connectivity index (χ0v) is 9.20. The van der Waals surface area contributed by atoms with Gasteiger partial charge in [-0.15, -0.1) is 0 Å². The molecule has 0 unspecified atom stereocenters. The Bertz CT molecular complexity index is 436. The molecular formula is C11H13N3O3. The van der Waals surface area contributed by atoms with Gasteiger partial charge in [-0.05, 0) is 18.9 Å². The normalized spacial score (nSPS) is 19.1. The maximum Gasteiger partial charge on any atom is 0.271 e. The maximum absolute atomic E-state index is 10.7. The van der Waals surface area contributed by atoms with Gasteiger partial charge in [0.1, 0.15) is 6.17 Å². The van der Waals surface area contributed by atoms with Gasteiger partial charge in [0.05, 0.1) is 4.92 Å². The second kappa shape index (κ2) is 4.82. The van der Waals surface area contributed by atoms with E-state index >= 15 is 0 Å². The van der Waals surface area contributed by atoms with Crippen molar-refractivity contribution in [3.63, 3.8) is 0 Å². The van der Waals surface area contributed by atoms with Gasteiger partial charge < -0.3 is 10.2 Å². The molecule has 90 valence electrons. The monoisotopic (exact) mass is 235 g/mol.